The lowest BCUT2D eigenvalue weighted by Gasteiger charge is -2.27. The van der Waals surface area contributed by atoms with Gasteiger partial charge in [0.25, 0.3) is 0 Å². The molecule has 1 amide bonds. The van der Waals surface area contributed by atoms with E-state index in [2.05, 4.69) is 38.7 Å². The minimum absolute atomic E-state index is 0.00393. The summed E-state index contributed by atoms with van der Waals surface area (Å²) in [6, 6.07) is 0.196. The second kappa shape index (κ2) is 4.00. The van der Waals surface area contributed by atoms with Crippen molar-refractivity contribution in [2.45, 2.75) is 33.7 Å². The number of thiol groups is 1. The van der Waals surface area contributed by atoms with Crippen molar-refractivity contribution in [3.8, 4) is 0 Å². The first kappa shape index (κ1) is 10.8. The van der Waals surface area contributed by atoms with Crippen molar-refractivity contribution in [1.29, 1.82) is 0 Å². The fourth-order valence-corrected chi connectivity index (χ4v) is 0.595. The lowest BCUT2D eigenvalue weighted by molar-refractivity contribution is -0.119. The molecule has 0 saturated carbocycles. The average molecular weight is 175 g/mol. The Kier molecular flexibility index (Phi) is 3.93. The first-order valence-corrected chi connectivity index (χ1v) is 4.41. The summed E-state index contributed by atoms with van der Waals surface area (Å²) < 4.78 is 0. The third kappa shape index (κ3) is 4.30. The van der Waals surface area contributed by atoms with Crippen LogP contribution >= 0.6 is 12.6 Å². The number of hydrogen-bond donors (Lipinski definition) is 2. The maximum atomic E-state index is 10.9. The van der Waals surface area contributed by atoms with Gasteiger partial charge < -0.3 is 5.32 Å². The molecular formula is C8H17NOS. The van der Waals surface area contributed by atoms with E-state index in [0.29, 0.717) is 0 Å². The standard InChI is InChI=1S/C8H17NOS/c1-6(8(2,3)4)9-7(10)5-11/h6,11H,5H2,1-4H3,(H,9,10). The zero-order valence-electron chi connectivity index (χ0n) is 7.64. The fourth-order valence-electron chi connectivity index (χ4n) is 0.504. The van der Waals surface area contributed by atoms with Gasteiger partial charge in [-0.3, -0.25) is 4.79 Å². The molecule has 66 valence electrons. The molecule has 0 saturated heterocycles. The Labute approximate surface area is 74.2 Å². The Morgan fingerprint density at radius 1 is 1.55 bits per heavy atom. The van der Waals surface area contributed by atoms with Crippen LogP contribution in [0, 0.1) is 5.41 Å². The summed E-state index contributed by atoms with van der Waals surface area (Å²) in [6.07, 6.45) is 0. The van der Waals surface area contributed by atoms with Gasteiger partial charge in [0.15, 0.2) is 0 Å². The average Bonchev–Trinajstić information content (AvgIpc) is 1.85. The van der Waals surface area contributed by atoms with Crippen LogP contribution in [0.15, 0.2) is 0 Å². The molecule has 0 aliphatic heterocycles. The van der Waals surface area contributed by atoms with Crippen molar-refractivity contribution in [2.24, 2.45) is 5.41 Å². The number of amides is 1. The van der Waals surface area contributed by atoms with Crippen LogP contribution in [0.3, 0.4) is 0 Å². The Balaban J connectivity index is 3.87. The van der Waals surface area contributed by atoms with Crippen LogP contribution < -0.4 is 5.32 Å². The highest BCUT2D eigenvalue weighted by atomic mass is 32.1. The Morgan fingerprint density at radius 3 is 2.27 bits per heavy atom. The van der Waals surface area contributed by atoms with Crippen molar-refractivity contribution in [3.05, 3.63) is 0 Å². The molecule has 11 heavy (non-hydrogen) atoms. The third-order valence-corrected chi connectivity index (χ3v) is 2.11. The fraction of sp³-hybridized carbons (Fsp3) is 0.875. The Bertz CT molecular complexity index is 140. The maximum absolute atomic E-state index is 10.9. The molecule has 0 aromatic rings. The zero-order valence-corrected chi connectivity index (χ0v) is 8.53. The second-order valence-corrected chi connectivity index (χ2v) is 4.13. The predicted molar refractivity (Wildman–Crippen MR) is 50.9 cm³/mol. The smallest absolute Gasteiger partial charge is 0.229 e. The van der Waals surface area contributed by atoms with E-state index >= 15 is 0 Å². The van der Waals surface area contributed by atoms with E-state index in [-0.39, 0.29) is 23.1 Å². The van der Waals surface area contributed by atoms with Gasteiger partial charge in [-0.1, -0.05) is 20.8 Å². The highest BCUT2D eigenvalue weighted by molar-refractivity contribution is 7.81. The molecule has 1 N–H and O–H groups in total. The molecule has 0 aromatic heterocycles. The normalized spacial score (nSPS) is 14.3. The van der Waals surface area contributed by atoms with Crippen LogP contribution in [0.25, 0.3) is 0 Å². The molecule has 0 bridgehead atoms. The van der Waals surface area contributed by atoms with Gasteiger partial charge in [-0.15, -0.1) is 0 Å². The van der Waals surface area contributed by atoms with E-state index in [4.69, 9.17) is 0 Å². The van der Waals surface area contributed by atoms with Gasteiger partial charge in [0.1, 0.15) is 0 Å². The van der Waals surface area contributed by atoms with Gasteiger partial charge in [0.2, 0.25) is 5.91 Å². The molecule has 0 rings (SSSR count). The van der Waals surface area contributed by atoms with Crippen LogP contribution in [0.5, 0.6) is 0 Å². The Hall–Kier alpha value is -0.180. The molecule has 0 aliphatic carbocycles. The van der Waals surface area contributed by atoms with Gasteiger partial charge in [0, 0.05) is 6.04 Å². The number of carbonyl (C=O) groups is 1. The number of nitrogens with one attached hydrogen (secondary N) is 1. The van der Waals surface area contributed by atoms with Crippen LogP contribution in [0.1, 0.15) is 27.7 Å². The summed E-state index contributed by atoms with van der Waals surface area (Å²) in [7, 11) is 0. The maximum Gasteiger partial charge on any atom is 0.229 e. The topological polar surface area (TPSA) is 29.1 Å². The van der Waals surface area contributed by atoms with E-state index in [1.165, 1.54) is 0 Å². The molecular weight excluding hydrogens is 158 g/mol. The van der Waals surface area contributed by atoms with Crippen molar-refractivity contribution >= 4 is 18.5 Å². The SMILES string of the molecule is CC(NC(=O)CS)C(C)(C)C. The predicted octanol–water partition coefficient (Wildman–Crippen LogP) is 1.47. The minimum atomic E-state index is -0.00393. The van der Waals surface area contributed by atoms with Gasteiger partial charge in [-0.2, -0.15) is 12.6 Å². The van der Waals surface area contributed by atoms with Gasteiger partial charge >= 0.3 is 0 Å². The van der Waals surface area contributed by atoms with Gasteiger partial charge in [0.05, 0.1) is 5.75 Å². The molecule has 0 spiro atoms. The zero-order chi connectivity index (χ0) is 9.07. The molecule has 0 radical (unpaired) electrons. The summed E-state index contributed by atoms with van der Waals surface area (Å²) >= 11 is 3.87. The van der Waals surface area contributed by atoms with Crippen LogP contribution in [0.2, 0.25) is 0 Å². The number of rotatable bonds is 2. The number of hydrogen-bond acceptors (Lipinski definition) is 2. The lowest BCUT2D eigenvalue weighted by Crippen LogP contribution is -2.41. The molecule has 1 unspecified atom stereocenters. The van der Waals surface area contributed by atoms with Crippen LogP contribution in [0.4, 0.5) is 0 Å². The Morgan fingerprint density at radius 2 is 2.00 bits per heavy atom. The molecule has 3 heteroatoms. The highest BCUT2D eigenvalue weighted by Gasteiger charge is 2.20. The van der Waals surface area contributed by atoms with Crippen molar-refractivity contribution in [3.63, 3.8) is 0 Å². The van der Waals surface area contributed by atoms with Crippen LogP contribution in [-0.4, -0.2) is 17.7 Å². The number of carbonyl (C=O) groups excluding carboxylic acids is 1. The second-order valence-electron chi connectivity index (χ2n) is 3.81. The van der Waals surface area contributed by atoms with E-state index in [9.17, 15) is 4.79 Å². The molecule has 2 nitrogen and oxygen atoms in total. The van der Waals surface area contributed by atoms with E-state index < -0.39 is 0 Å². The molecule has 0 heterocycles. The van der Waals surface area contributed by atoms with E-state index in [0.717, 1.165) is 0 Å². The van der Waals surface area contributed by atoms with E-state index in [1.807, 2.05) is 6.92 Å². The van der Waals surface area contributed by atoms with Crippen molar-refractivity contribution in [2.75, 3.05) is 5.75 Å². The summed E-state index contributed by atoms with van der Waals surface area (Å²) in [5.41, 5.74) is 0.124. The minimum Gasteiger partial charge on any atom is -0.352 e. The molecule has 1 atom stereocenters. The third-order valence-electron chi connectivity index (χ3n) is 1.82. The monoisotopic (exact) mass is 175 g/mol. The molecule has 0 fully saturated rings. The van der Waals surface area contributed by atoms with Crippen molar-refractivity contribution < 1.29 is 4.79 Å². The van der Waals surface area contributed by atoms with Gasteiger partial charge in [-0.05, 0) is 12.3 Å². The lowest BCUT2D eigenvalue weighted by atomic mass is 9.88. The quantitative estimate of drug-likeness (QED) is 0.611. The van der Waals surface area contributed by atoms with Crippen LogP contribution in [-0.2, 0) is 4.79 Å². The highest BCUT2D eigenvalue weighted by Crippen LogP contribution is 2.18. The van der Waals surface area contributed by atoms with Crippen molar-refractivity contribution in [1.82, 2.24) is 5.32 Å². The molecule has 0 aliphatic rings. The summed E-state index contributed by atoms with van der Waals surface area (Å²) in [5.74, 6) is 0.260. The van der Waals surface area contributed by atoms with Gasteiger partial charge in [-0.25, -0.2) is 0 Å². The summed E-state index contributed by atoms with van der Waals surface area (Å²) in [5, 5.41) is 2.85. The summed E-state index contributed by atoms with van der Waals surface area (Å²) in [6.45, 7) is 8.28. The first-order chi connectivity index (χ1) is 4.88. The van der Waals surface area contributed by atoms with E-state index in [1.54, 1.807) is 0 Å². The molecule has 0 aromatic carbocycles. The largest absolute Gasteiger partial charge is 0.352 e. The first-order valence-electron chi connectivity index (χ1n) is 3.78. The summed E-state index contributed by atoms with van der Waals surface area (Å²) in [4.78, 5) is 10.9.